The van der Waals surface area contributed by atoms with Gasteiger partial charge in [0, 0.05) is 0 Å². The molecular weight excluding hydrogens is 391 g/mol. The van der Waals surface area contributed by atoms with Crippen LogP contribution in [-0.4, -0.2) is 0 Å². The predicted molar refractivity (Wildman–Crippen MR) is 125 cm³/mol. The Kier molecular flexibility index (Phi) is 6.98. The van der Waals surface area contributed by atoms with Crippen LogP contribution in [0, 0.1) is 41.5 Å². The minimum absolute atomic E-state index is 0.246. The molecule has 0 saturated carbocycles. The Balaban J connectivity index is 1.89. The minimum Gasteiger partial charge on any atom is -0.300 e. The molecule has 0 aromatic heterocycles. The monoisotopic (exact) mass is 422 g/mol. The molecule has 4 heteroatoms. The summed E-state index contributed by atoms with van der Waals surface area (Å²) in [6, 6.07) is 17.7. The average Bonchev–Trinajstić information content (AvgIpc) is 2.67. The van der Waals surface area contributed by atoms with Crippen LogP contribution in [0.3, 0.4) is 0 Å². The van der Waals surface area contributed by atoms with Crippen LogP contribution < -0.4 is 5.30 Å². The molecule has 0 spiro atoms. The Morgan fingerprint density at radius 2 is 1.00 bits per heavy atom. The van der Waals surface area contributed by atoms with Crippen molar-refractivity contribution >= 4 is 12.9 Å². The fraction of sp³-hybridized carbons (Fsp3) is 0.308. The normalized spacial score (nSPS) is 11.7. The number of hydrogen-bond acceptors (Lipinski definition) is 3. The van der Waals surface area contributed by atoms with Crippen LogP contribution in [0.4, 0.5) is 0 Å². The zero-order valence-corrected chi connectivity index (χ0v) is 19.7. The van der Waals surface area contributed by atoms with Gasteiger partial charge < -0.3 is 9.05 Å². The standard InChI is InChI=1S/C26H31O3P/c1-18-12-20(3)25(21(4)13-18)16-28-30(27,24-10-8-7-9-11-24)29-17-26-22(5)14-19(2)15-23(26)6/h7-15H,16-17H2,1-6H3. The van der Waals surface area contributed by atoms with Crippen molar-refractivity contribution in [3.8, 4) is 0 Å². The van der Waals surface area contributed by atoms with E-state index in [4.69, 9.17) is 9.05 Å². The lowest BCUT2D eigenvalue weighted by Gasteiger charge is -2.22. The van der Waals surface area contributed by atoms with E-state index in [0.29, 0.717) is 5.30 Å². The lowest BCUT2D eigenvalue weighted by Crippen LogP contribution is -2.12. The first kappa shape index (κ1) is 22.5. The lowest BCUT2D eigenvalue weighted by atomic mass is 10.0. The second kappa shape index (κ2) is 9.31. The van der Waals surface area contributed by atoms with Crippen molar-refractivity contribution < 1.29 is 13.6 Å². The van der Waals surface area contributed by atoms with Gasteiger partial charge in [-0.2, -0.15) is 0 Å². The molecule has 0 fully saturated rings. The number of hydrogen-bond donors (Lipinski definition) is 0. The Hall–Kier alpha value is -2.19. The summed E-state index contributed by atoms with van der Waals surface area (Å²) in [5, 5.41) is 0.579. The molecule has 0 saturated heterocycles. The summed E-state index contributed by atoms with van der Waals surface area (Å²) in [6.07, 6.45) is 0. The Bertz CT molecular complexity index is 975. The van der Waals surface area contributed by atoms with Crippen LogP contribution in [0.1, 0.15) is 44.5 Å². The van der Waals surface area contributed by atoms with Gasteiger partial charge in [0.2, 0.25) is 0 Å². The molecule has 3 nitrogen and oxygen atoms in total. The summed E-state index contributed by atoms with van der Waals surface area (Å²) in [4.78, 5) is 0. The van der Waals surface area contributed by atoms with Gasteiger partial charge >= 0.3 is 7.60 Å². The van der Waals surface area contributed by atoms with Gasteiger partial charge in [-0.15, -0.1) is 0 Å². The zero-order valence-electron chi connectivity index (χ0n) is 18.8. The summed E-state index contributed by atoms with van der Waals surface area (Å²) in [5.74, 6) is 0. The summed E-state index contributed by atoms with van der Waals surface area (Å²) in [7, 11) is -3.51. The largest absolute Gasteiger partial charge is 0.361 e. The van der Waals surface area contributed by atoms with E-state index in [1.807, 2.05) is 30.3 Å². The maximum Gasteiger partial charge on any atom is 0.361 e. The first-order chi connectivity index (χ1) is 14.2. The summed E-state index contributed by atoms with van der Waals surface area (Å²) < 4.78 is 26.0. The first-order valence-corrected chi connectivity index (χ1v) is 11.8. The highest BCUT2D eigenvalue weighted by atomic mass is 31.2. The molecule has 0 aliphatic rings. The van der Waals surface area contributed by atoms with E-state index >= 15 is 0 Å². The summed E-state index contributed by atoms with van der Waals surface area (Å²) >= 11 is 0. The second-order valence-electron chi connectivity index (χ2n) is 8.13. The lowest BCUT2D eigenvalue weighted by molar-refractivity contribution is 0.199. The Morgan fingerprint density at radius 3 is 1.37 bits per heavy atom. The molecule has 0 heterocycles. The number of rotatable bonds is 7. The Labute approximate surface area is 180 Å². The smallest absolute Gasteiger partial charge is 0.300 e. The van der Waals surface area contributed by atoms with Crippen molar-refractivity contribution in [2.24, 2.45) is 0 Å². The molecule has 0 N–H and O–H groups in total. The van der Waals surface area contributed by atoms with E-state index in [9.17, 15) is 4.57 Å². The van der Waals surface area contributed by atoms with Crippen LogP contribution in [-0.2, 0) is 26.8 Å². The highest BCUT2D eigenvalue weighted by Gasteiger charge is 2.28. The quantitative estimate of drug-likeness (QED) is 0.393. The number of benzene rings is 3. The third-order valence-corrected chi connectivity index (χ3v) is 7.38. The van der Waals surface area contributed by atoms with E-state index < -0.39 is 7.60 Å². The van der Waals surface area contributed by atoms with Crippen molar-refractivity contribution in [1.82, 2.24) is 0 Å². The maximum atomic E-state index is 13.9. The SMILES string of the molecule is Cc1cc(C)c(COP(=O)(OCc2c(C)cc(C)cc2C)c2ccccc2)c(C)c1. The van der Waals surface area contributed by atoms with Crippen molar-refractivity contribution in [3.05, 3.63) is 99.1 Å². The number of aryl methyl sites for hydroxylation is 6. The van der Waals surface area contributed by atoms with E-state index in [2.05, 4.69) is 65.8 Å². The Morgan fingerprint density at radius 1 is 0.633 bits per heavy atom. The molecule has 30 heavy (non-hydrogen) atoms. The molecule has 0 aliphatic carbocycles. The van der Waals surface area contributed by atoms with Crippen molar-refractivity contribution in [2.45, 2.75) is 54.8 Å². The molecule has 0 radical (unpaired) electrons. The van der Waals surface area contributed by atoms with Gasteiger partial charge in [-0.3, -0.25) is 4.57 Å². The van der Waals surface area contributed by atoms with E-state index in [-0.39, 0.29) is 13.2 Å². The van der Waals surface area contributed by atoms with Crippen molar-refractivity contribution in [2.75, 3.05) is 0 Å². The first-order valence-electron chi connectivity index (χ1n) is 10.3. The highest BCUT2D eigenvalue weighted by Crippen LogP contribution is 2.49. The molecule has 158 valence electrons. The van der Waals surface area contributed by atoms with E-state index in [1.165, 1.54) is 11.1 Å². The van der Waals surface area contributed by atoms with Gasteiger partial charge in [-0.25, -0.2) is 0 Å². The van der Waals surface area contributed by atoms with Gasteiger partial charge in [-0.05, 0) is 87.1 Å². The van der Waals surface area contributed by atoms with Crippen LogP contribution in [0.15, 0.2) is 54.6 Å². The molecule has 0 aliphatic heterocycles. The summed E-state index contributed by atoms with van der Waals surface area (Å²) in [6.45, 7) is 12.9. The second-order valence-corrected chi connectivity index (χ2v) is 10.2. The van der Waals surface area contributed by atoms with Gasteiger partial charge in [-0.1, -0.05) is 53.6 Å². The fourth-order valence-electron chi connectivity index (χ4n) is 3.97. The topological polar surface area (TPSA) is 35.5 Å². The summed E-state index contributed by atoms with van der Waals surface area (Å²) in [5.41, 5.74) is 9.08. The zero-order chi connectivity index (χ0) is 21.9. The molecule has 3 rings (SSSR count). The maximum absolute atomic E-state index is 13.9. The van der Waals surface area contributed by atoms with Crippen LogP contribution in [0.5, 0.6) is 0 Å². The molecule has 0 unspecified atom stereocenters. The predicted octanol–water partition coefficient (Wildman–Crippen LogP) is 6.79. The van der Waals surface area contributed by atoms with Gasteiger partial charge in [0.15, 0.2) is 0 Å². The molecule has 3 aromatic rings. The van der Waals surface area contributed by atoms with Crippen molar-refractivity contribution in [3.63, 3.8) is 0 Å². The van der Waals surface area contributed by atoms with Gasteiger partial charge in [0.25, 0.3) is 0 Å². The molecule has 0 amide bonds. The molecule has 0 bridgehead atoms. The van der Waals surface area contributed by atoms with E-state index in [0.717, 1.165) is 33.4 Å². The van der Waals surface area contributed by atoms with Crippen molar-refractivity contribution in [1.29, 1.82) is 0 Å². The van der Waals surface area contributed by atoms with Crippen LogP contribution in [0.25, 0.3) is 0 Å². The molecule has 0 atom stereocenters. The van der Waals surface area contributed by atoms with Gasteiger partial charge in [0.1, 0.15) is 0 Å². The van der Waals surface area contributed by atoms with Crippen LogP contribution >= 0.6 is 7.60 Å². The third kappa shape index (κ3) is 5.10. The highest BCUT2D eigenvalue weighted by molar-refractivity contribution is 7.62. The molecule has 3 aromatic carbocycles. The minimum atomic E-state index is -3.51. The van der Waals surface area contributed by atoms with Crippen LogP contribution in [0.2, 0.25) is 0 Å². The molecular formula is C26H31O3P. The van der Waals surface area contributed by atoms with E-state index in [1.54, 1.807) is 0 Å². The average molecular weight is 423 g/mol. The third-order valence-electron chi connectivity index (χ3n) is 5.51. The van der Waals surface area contributed by atoms with Gasteiger partial charge in [0.05, 0.1) is 18.5 Å². The fourth-order valence-corrected chi connectivity index (χ4v) is 5.48.